The van der Waals surface area contributed by atoms with Gasteiger partial charge in [0.15, 0.2) is 5.78 Å². The maximum atomic E-state index is 14.9. The van der Waals surface area contributed by atoms with Crippen molar-refractivity contribution in [2.24, 2.45) is 11.7 Å². The van der Waals surface area contributed by atoms with Crippen LogP contribution >= 0.6 is 0 Å². The lowest BCUT2D eigenvalue weighted by atomic mass is 9.75. The number of carbonyl (C=O) groups excluding carboxylic acids is 1. The highest BCUT2D eigenvalue weighted by Crippen LogP contribution is 2.38. The van der Waals surface area contributed by atoms with E-state index in [9.17, 15) is 9.18 Å². The maximum Gasteiger partial charge on any atom is 0.169 e. The third kappa shape index (κ3) is 4.21. The number of nitrogens with two attached hydrogens (primary N) is 1. The predicted octanol–water partition coefficient (Wildman–Crippen LogP) is 4.40. The van der Waals surface area contributed by atoms with Crippen LogP contribution in [-0.4, -0.2) is 47.1 Å². The predicted molar refractivity (Wildman–Crippen MR) is 133 cm³/mol. The third-order valence-electron chi connectivity index (χ3n) is 8.03. The van der Waals surface area contributed by atoms with Crippen molar-refractivity contribution in [2.45, 2.75) is 63.1 Å². The number of morpholine rings is 1. The molecule has 35 heavy (non-hydrogen) atoms. The van der Waals surface area contributed by atoms with Crippen LogP contribution < -0.4 is 10.6 Å². The Morgan fingerprint density at radius 1 is 1.20 bits per heavy atom. The largest absolute Gasteiger partial charge is 0.374 e. The number of anilines is 1. The normalized spacial score (nSPS) is 28.1. The van der Waals surface area contributed by atoms with Gasteiger partial charge in [-0.1, -0.05) is 6.92 Å². The van der Waals surface area contributed by atoms with Crippen molar-refractivity contribution >= 4 is 22.4 Å². The first-order valence-electron chi connectivity index (χ1n) is 12.6. The van der Waals surface area contributed by atoms with Crippen LogP contribution in [0.3, 0.4) is 0 Å². The number of pyridine rings is 2. The number of halogens is 1. The topological polar surface area (TPSA) is 81.3 Å². The zero-order valence-electron chi connectivity index (χ0n) is 20.0. The molecule has 1 aliphatic carbocycles. The van der Waals surface area contributed by atoms with Gasteiger partial charge in [0.2, 0.25) is 0 Å². The molecule has 3 aromatic rings. The van der Waals surface area contributed by atoms with E-state index in [0.29, 0.717) is 41.0 Å². The van der Waals surface area contributed by atoms with Gasteiger partial charge in [0, 0.05) is 42.4 Å². The number of nitrogens with zero attached hydrogens (tertiary/aromatic N) is 3. The Bertz CT molecular complexity index is 1270. The number of ether oxygens (including phenoxy) is 1. The number of fused-ring (bicyclic) bond motifs is 3. The highest BCUT2D eigenvalue weighted by atomic mass is 19.1. The van der Waals surface area contributed by atoms with Crippen LogP contribution in [0.2, 0.25) is 0 Å². The molecule has 7 heteroatoms. The molecule has 0 amide bonds. The Morgan fingerprint density at radius 3 is 2.86 bits per heavy atom. The van der Waals surface area contributed by atoms with Gasteiger partial charge in [-0.15, -0.1) is 0 Å². The number of ketones is 1. The van der Waals surface area contributed by atoms with Crippen molar-refractivity contribution in [3.63, 3.8) is 0 Å². The van der Waals surface area contributed by atoms with E-state index in [1.54, 1.807) is 24.7 Å². The summed E-state index contributed by atoms with van der Waals surface area (Å²) in [5, 5.41) is 0.385. The average Bonchev–Trinajstić information content (AvgIpc) is 3.48. The molecule has 0 radical (unpaired) electrons. The van der Waals surface area contributed by atoms with Crippen LogP contribution in [0, 0.1) is 11.7 Å². The van der Waals surface area contributed by atoms with Crippen LogP contribution in [-0.2, 0) is 11.2 Å². The molecule has 3 aliphatic rings. The number of hydrogen-bond acceptors (Lipinski definition) is 6. The van der Waals surface area contributed by atoms with E-state index in [4.69, 9.17) is 10.5 Å². The fraction of sp³-hybridized carbons (Fsp3) is 0.464. The second kappa shape index (κ2) is 8.95. The third-order valence-corrected chi connectivity index (χ3v) is 8.03. The molecular weight excluding hydrogens is 443 g/mol. The van der Waals surface area contributed by atoms with Crippen molar-refractivity contribution in [3.05, 3.63) is 65.4 Å². The van der Waals surface area contributed by atoms with Crippen molar-refractivity contribution in [1.82, 2.24) is 9.97 Å². The molecule has 182 valence electrons. The van der Waals surface area contributed by atoms with Gasteiger partial charge in [0.05, 0.1) is 36.2 Å². The molecular formula is C28H31FN4O2. The molecule has 3 fully saturated rings. The fourth-order valence-electron chi connectivity index (χ4n) is 6.44. The second-order valence-electron chi connectivity index (χ2n) is 10.6. The summed E-state index contributed by atoms with van der Waals surface area (Å²) in [5.74, 6) is 0.437. The molecule has 1 saturated carbocycles. The summed E-state index contributed by atoms with van der Waals surface area (Å²) in [6, 6.07) is 7.29. The fourth-order valence-corrected chi connectivity index (χ4v) is 6.44. The minimum absolute atomic E-state index is 0.0775. The van der Waals surface area contributed by atoms with Gasteiger partial charge in [-0.3, -0.25) is 14.8 Å². The minimum atomic E-state index is -0.362. The molecule has 4 heterocycles. The first-order valence-corrected chi connectivity index (χ1v) is 12.6. The van der Waals surface area contributed by atoms with E-state index in [0.717, 1.165) is 49.0 Å². The van der Waals surface area contributed by atoms with E-state index in [1.807, 2.05) is 12.1 Å². The summed E-state index contributed by atoms with van der Waals surface area (Å²) < 4.78 is 20.6. The summed E-state index contributed by atoms with van der Waals surface area (Å²) in [6.45, 7) is 3.73. The number of hydrogen-bond donors (Lipinski definition) is 1. The quantitative estimate of drug-likeness (QED) is 0.552. The van der Waals surface area contributed by atoms with Gasteiger partial charge >= 0.3 is 0 Å². The van der Waals surface area contributed by atoms with Crippen LogP contribution in [0.5, 0.6) is 0 Å². The maximum absolute atomic E-state index is 14.9. The lowest BCUT2D eigenvalue weighted by Gasteiger charge is -2.32. The Kier molecular flexibility index (Phi) is 5.77. The van der Waals surface area contributed by atoms with Crippen molar-refractivity contribution in [1.29, 1.82) is 0 Å². The molecule has 2 aromatic heterocycles. The van der Waals surface area contributed by atoms with Crippen LogP contribution in [0.4, 0.5) is 10.1 Å². The summed E-state index contributed by atoms with van der Waals surface area (Å²) in [6.07, 6.45) is 9.81. The van der Waals surface area contributed by atoms with E-state index in [1.165, 1.54) is 6.07 Å². The SMILES string of the molecule is C[C@@H]1C[C@H](N)C[C@H](c2ccncc2CC(=O)c2ccc(F)c3cc(N4C[C@H]5C[C@@H]4CO5)cnc23)C1. The zero-order chi connectivity index (χ0) is 24.1. The molecule has 2 N–H and O–H groups in total. The van der Waals surface area contributed by atoms with Gasteiger partial charge in [-0.25, -0.2) is 4.39 Å². The summed E-state index contributed by atoms with van der Waals surface area (Å²) in [4.78, 5) is 24.6. The molecule has 6 rings (SSSR count). The standard InChI is InChI=1S/C28H31FN4O2/c1-16-6-17(8-19(30)7-16)23-4-5-31-12-18(23)9-27(34)24-2-3-26(29)25-11-20(13-32-28(24)25)33-14-22-10-21(33)15-35-22/h2-5,11-13,16-17,19,21-22H,6-10,14-15,30H2,1H3/t16-,17+,19-,21+,22+/m0/s1. The Labute approximate surface area is 204 Å². The lowest BCUT2D eigenvalue weighted by Crippen LogP contribution is -2.36. The van der Waals surface area contributed by atoms with E-state index in [2.05, 4.69) is 21.8 Å². The molecule has 6 nitrogen and oxygen atoms in total. The Morgan fingerprint density at radius 2 is 2.09 bits per heavy atom. The van der Waals surface area contributed by atoms with Crippen LogP contribution in [0.15, 0.2) is 42.9 Å². The Hall–Kier alpha value is -2.90. The van der Waals surface area contributed by atoms with Crippen LogP contribution in [0.25, 0.3) is 10.9 Å². The minimum Gasteiger partial charge on any atom is -0.374 e. The molecule has 0 unspecified atom stereocenters. The lowest BCUT2D eigenvalue weighted by molar-refractivity contribution is 0.0989. The highest BCUT2D eigenvalue weighted by Gasteiger charge is 2.39. The smallest absolute Gasteiger partial charge is 0.169 e. The molecule has 5 atom stereocenters. The summed E-state index contributed by atoms with van der Waals surface area (Å²) in [7, 11) is 0. The first kappa shape index (κ1) is 22.6. The summed E-state index contributed by atoms with van der Waals surface area (Å²) >= 11 is 0. The van der Waals surface area contributed by atoms with E-state index in [-0.39, 0.29) is 30.2 Å². The number of carbonyl (C=O) groups is 1. The first-order chi connectivity index (χ1) is 17.0. The number of benzene rings is 1. The average molecular weight is 475 g/mol. The van der Waals surface area contributed by atoms with Gasteiger partial charge in [-0.2, -0.15) is 0 Å². The monoisotopic (exact) mass is 474 g/mol. The van der Waals surface area contributed by atoms with Gasteiger partial charge in [-0.05, 0) is 72.9 Å². The van der Waals surface area contributed by atoms with E-state index >= 15 is 0 Å². The van der Waals surface area contributed by atoms with Crippen molar-refractivity contribution < 1.29 is 13.9 Å². The Balaban J connectivity index is 1.30. The molecule has 2 bridgehead atoms. The highest BCUT2D eigenvalue weighted by molar-refractivity contribution is 6.08. The molecule has 2 saturated heterocycles. The van der Waals surface area contributed by atoms with Gasteiger partial charge < -0.3 is 15.4 Å². The summed E-state index contributed by atoms with van der Waals surface area (Å²) in [5.41, 5.74) is 10.1. The zero-order valence-corrected chi connectivity index (χ0v) is 20.0. The second-order valence-corrected chi connectivity index (χ2v) is 10.6. The van der Waals surface area contributed by atoms with Crippen LogP contribution in [0.1, 0.15) is 60.0 Å². The molecule has 0 spiro atoms. The number of Topliss-reactive ketones (excluding diaryl/α,β-unsaturated/α-hetero) is 1. The number of rotatable bonds is 5. The van der Waals surface area contributed by atoms with Gasteiger partial charge in [0.25, 0.3) is 0 Å². The van der Waals surface area contributed by atoms with Crippen molar-refractivity contribution in [2.75, 3.05) is 18.1 Å². The molecule has 2 aliphatic heterocycles. The molecule has 1 aromatic carbocycles. The van der Waals surface area contributed by atoms with Gasteiger partial charge in [0.1, 0.15) is 5.82 Å². The van der Waals surface area contributed by atoms with Crippen molar-refractivity contribution in [3.8, 4) is 0 Å². The number of aromatic nitrogens is 2. The van der Waals surface area contributed by atoms with E-state index < -0.39 is 0 Å².